The summed E-state index contributed by atoms with van der Waals surface area (Å²) in [6.07, 6.45) is 0. The largest absolute Gasteiger partial charge is 0.484 e. The molecule has 2 amide bonds. The standard InChI is InChI=1S/C27H34IN5O3S/c1-6-33-24(14-29-25(34)15-36-21-10-7-19(8-11-21)17(2)3)31-32-27(33)37-16-26(35)30-23-12-9-20(28)13-22(23)18(4)5/h7-13,17-18H,6,14-16H2,1-5H3,(H,29,34)(H,30,35). The number of rotatable bonds is 12. The first-order valence-electron chi connectivity index (χ1n) is 12.3. The molecule has 0 saturated carbocycles. The van der Waals surface area contributed by atoms with E-state index >= 15 is 0 Å². The van der Waals surface area contributed by atoms with Crippen molar-refractivity contribution in [3.05, 3.63) is 63.0 Å². The van der Waals surface area contributed by atoms with Gasteiger partial charge in [-0.3, -0.25) is 9.59 Å². The molecule has 198 valence electrons. The van der Waals surface area contributed by atoms with Gasteiger partial charge in [0.25, 0.3) is 5.91 Å². The van der Waals surface area contributed by atoms with E-state index in [1.165, 1.54) is 17.3 Å². The lowest BCUT2D eigenvalue weighted by Crippen LogP contribution is -2.29. The number of carbonyl (C=O) groups is 2. The van der Waals surface area contributed by atoms with Crippen LogP contribution in [-0.2, 0) is 22.7 Å². The fourth-order valence-electron chi connectivity index (χ4n) is 3.64. The van der Waals surface area contributed by atoms with Crippen LogP contribution in [0, 0.1) is 3.57 Å². The fraction of sp³-hybridized carbons (Fsp3) is 0.407. The van der Waals surface area contributed by atoms with Crippen LogP contribution in [0.25, 0.3) is 0 Å². The Bertz CT molecular complexity index is 1210. The normalized spacial score (nSPS) is 11.1. The van der Waals surface area contributed by atoms with Crippen LogP contribution in [0.3, 0.4) is 0 Å². The molecule has 0 unspecified atom stereocenters. The van der Waals surface area contributed by atoms with Crippen LogP contribution in [0.4, 0.5) is 5.69 Å². The molecule has 0 radical (unpaired) electrons. The number of hydrogen-bond donors (Lipinski definition) is 2. The van der Waals surface area contributed by atoms with Crippen LogP contribution in [0.2, 0.25) is 0 Å². The third kappa shape index (κ3) is 8.46. The minimum atomic E-state index is -0.245. The molecule has 2 N–H and O–H groups in total. The van der Waals surface area contributed by atoms with Crippen LogP contribution in [0.1, 0.15) is 63.4 Å². The van der Waals surface area contributed by atoms with Gasteiger partial charge in [-0.15, -0.1) is 10.2 Å². The highest BCUT2D eigenvalue weighted by molar-refractivity contribution is 14.1. The van der Waals surface area contributed by atoms with E-state index < -0.39 is 0 Å². The van der Waals surface area contributed by atoms with Crippen molar-refractivity contribution < 1.29 is 14.3 Å². The minimum absolute atomic E-state index is 0.0834. The van der Waals surface area contributed by atoms with E-state index in [-0.39, 0.29) is 30.7 Å². The van der Waals surface area contributed by atoms with E-state index in [0.717, 1.165) is 14.8 Å². The Labute approximate surface area is 236 Å². The van der Waals surface area contributed by atoms with Crippen LogP contribution in [-0.4, -0.2) is 38.9 Å². The van der Waals surface area contributed by atoms with Gasteiger partial charge >= 0.3 is 0 Å². The molecule has 0 aliphatic carbocycles. The van der Waals surface area contributed by atoms with Crippen molar-refractivity contribution in [2.75, 3.05) is 17.7 Å². The number of aromatic nitrogens is 3. The first-order chi connectivity index (χ1) is 17.7. The van der Waals surface area contributed by atoms with Crippen molar-refractivity contribution in [2.45, 2.75) is 64.7 Å². The maximum atomic E-state index is 12.6. The Balaban J connectivity index is 1.50. The second-order valence-electron chi connectivity index (χ2n) is 9.16. The molecule has 0 fully saturated rings. The predicted molar refractivity (Wildman–Crippen MR) is 156 cm³/mol. The van der Waals surface area contributed by atoms with E-state index in [9.17, 15) is 9.59 Å². The molecule has 0 saturated heterocycles. The lowest BCUT2D eigenvalue weighted by atomic mass is 10.0. The van der Waals surface area contributed by atoms with Crippen molar-refractivity contribution >= 4 is 51.9 Å². The van der Waals surface area contributed by atoms with Crippen LogP contribution >= 0.6 is 34.4 Å². The summed E-state index contributed by atoms with van der Waals surface area (Å²) in [6.45, 7) is 11.2. The zero-order chi connectivity index (χ0) is 26.9. The first kappa shape index (κ1) is 29.0. The number of thioether (sulfide) groups is 1. The van der Waals surface area contributed by atoms with Gasteiger partial charge in [0.2, 0.25) is 5.91 Å². The summed E-state index contributed by atoms with van der Waals surface area (Å²) in [7, 11) is 0. The summed E-state index contributed by atoms with van der Waals surface area (Å²) in [5.41, 5.74) is 3.16. The van der Waals surface area contributed by atoms with Gasteiger partial charge in [0.15, 0.2) is 17.6 Å². The van der Waals surface area contributed by atoms with E-state index in [4.69, 9.17) is 4.74 Å². The average Bonchev–Trinajstić information content (AvgIpc) is 3.27. The molecular formula is C27H34IN5O3S. The van der Waals surface area contributed by atoms with Gasteiger partial charge in [-0.2, -0.15) is 0 Å². The predicted octanol–water partition coefficient (Wildman–Crippen LogP) is 5.58. The van der Waals surface area contributed by atoms with Gasteiger partial charge in [-0.05, 0) is 82.8 Å². The molecule has 10 heteroatoms. The number of amides is 2. The van der Waals surface area contributed by atoms with Crippen molar-refractivity contribution in [3.63, 3.8) is 0 Å². The number of benzene rings is 2. The molecule has 0 atom stereocenters. The van der Waals surface area contributed by atoms with Gasteiger partial charge in [0, 0.05) is 15.8 Å². The summed E-state index contributed by atoms with van der Waals surface area (Å²) >= 11 is 3.60. The number of ether oxygens (including phenoxy) is 1. The second-order valence-corrected chi connectivity index (χ2v) is 11.3. The quantitative estimate of drug-likeness (QED) is 0.200. The third-order valence-electron chi connectivity index (χ3n) is 5.71. The number of carbonyl (C=O) groups excluding carboxylic acids is 2. The molecule has 0 aliphatic heterocycles. The molecule has 0 bridgehead atoms. The molecule has 1 heterocycles. The fourth-order valence-corrected chi connectivity index (χ4v) is 4.98. The topological polar surface area (TPSA) is 98.1 Å². The smallest absolute Gasteiger partial charge is 0.258 e. The third-order valence-corrected chi connectivity index (χ3v) is 7.35. The molecule has 3 aromatic rings. The number of hydrogen-bond acceptors (Lipinski definition) is 6. The SMILES string of the molecule is CCn1c(CNC(=O)COc2ccc(C(C)C)cc2)nnc1SCC(=O)Nc1ccc(I)cc1C(C)C. The lowest BCUT2D eigenvalue weighted by molar-refractivity contribution is -0.123. The number of nitrogens with one attached hydrogen (secondary N) is 2. The van der Waals surface area contributed by atoms with Crippen molar-refractivity contribution in [1.29, 1.82) is 0 Å². The Morgan fingerprint density at radius 3 is 2.41 bits per heavy atom. The summed E-state index contributed by atoms with van der Waals surface area (Å²) in [5, 5.41) is 14.9. The van der Waals surface area contributed by atoms with Crippen LogP contribution in [0.5, 0.6) is 5.75 Å². The molecule has 0 aliphatic rings. The van der Waals surface area contributed by atoms with Gasteiger partial charge in [0.05, 0.1) is 12.3 Å². The summed E-state index contributed by atoms with van der Waals surface area (Å²) < 4.78 is 8.62. The summed E-state index contributed by atoms with van der Waals surface area (Å²) in [4.78, 5) is 24.9. The second kappa shape index (κ2) is 13.8. The van der Waals surface area contributed by atoms with E-state index in [2.05, 4.69) is 77.2 Å². The van der Waals surface area contributed by atoms with Crippen molar-refractivity contribution in [1.82, 2.24) is 20.1 Å². The Morgan fingerprint density at radius 1 is 1.03 bits per heavy atom. The molecule has 2 aromatic carbocycles. The Hall–Kier alpha value is -2.60. The molecule has 0 spiro atoms. The van der Waals surface area contributed by atoms with Gasteiger partial charge < -0.3 is 19.9 Å². The van der Waals surface area contributed by atoms with Crippen molar-refractivity contribution in [2.24, 2.45) is 0 Å². The molecule has 37 heavy (non-hydrogen) atoms. The Kier molecular flexibility index (Phi) is 10.8. The zero-order valence-electron chi connectivity index (χ0n) is 21.9. The number of nitrogens with zero attached hydrogens (tertiary/aromatic N) is 3. The summed E-state index contributed by atoms with van der Waals surface area (Å²) in [6, 6.07) is 13.8. The highest BCUT2D eigenvalue weighted by atomic mass is 127. The van der Waals surface area contributed by atoms with Crippen molar-refractivity contribution in [3.8, 4) is 5.75 Å². The number of anilines is 1. The van der Waals surface area contributed by atoms with Crippen LogP contribution in [0.15, 0.2) is 47.6 Å². The highest BCUT2D eigenvalue weighted by Crippen LogP contribution is 2.27. The Morgan fingerprint density at radius 2 is 1.76 bits per heavy atom. The molecule has 1 aromatic heterocycles. The van der Waals surface area contributed by atoms with Gasteiger partial charge in [-0.25, -0.2) is 0 Å². The van der Waals surface area contributed by atoms with Gasteiger partial charge in [0.1, 0.15) is 5.75 Å². The van der Waals surface area contributed by atoms with E-state index in [0.29, 0.717) is 35.1 Å². The molecule has 8 nitrogen and oxygen atoms in total. The first-order valence-corrected chi connectivity index (χ1v) is 14.4. The number of halogens is 1. The maximum Gasteiger partial charge on any atom is 0.258 e. The summed E-state index contributed by atoms with van der Waals surface area (Å²) in [5.74, 6) is 1.87. The van der Waals surface area contributed by atoms with Crippen LogP contribution < -0.4 is 15.4 Å². The van der Waals surface area contributed by atoms with Gasteiger partial charge in [-0.1, -0.05) is 51.6 Å². The molecule has 3 rings (SSSR count). The lowest BCUT2D eigenvalue weighted by Gasteiger charge is -2.14. The zero-order valence-corrected chi connectivity index (χ0v) is 24.9. The van der Waals surface area contributed by atoms with E-state index in [1.54, 1.807) is 0 Å². The molecular weight excluding hydrogens is 601 g/mol. The average molecular weight is 636 g/mol. The monoisotopic (exact) mass is 635 g/mol. The minimum Gasteiger partial charge on any atom is -0.484 e. The maximum absolute atomic E-state index is 12.6. The highest BCUT2D eigenvalue weighted by Gasteiger charge is 2.16. The van der Waals surface area contributed by atoms with E-state index in [1.807, 2.05) is 47.9 Å².